The Bertz CT molecular complexity index is 845. The third-order valence-electron chi connectivity index (χ3n) is 3.69. The first-order chi connectivity index (χ1) is 12.1. The lowest BCUT2D eigenvalue weighted by Gasteiger charge is -2.10. The SMILES string of the molecule is CC(C)C(=O)Nc1ccc(Nc2cc(-c3ccccc3)ncn2)cc1. The Kier molecular flexibility index (Phi) is 5.04. The third-order valence-corrected chi connectivity index (χ3v) is 3.69. The summed E-state index contributed by atoms with van der Waals surface area (Å²) in [6.07, 6.45) is 1.54. The van der Waals surface area contributed by atoms with Gasteiger partial charge in [-0.15, -0.1) is 0 Å². The Balaban J connectivity index is 1.71. The number of nitrogens with zero attached hydrogens (tertiary/aromatic N) is 2. The maximum atomic E-state index is 11.7. The van der Waals surface area contributed by atoms with Crippen LogP contribution in [0.15, 0.2) is 67.0 Å². The summed E-state index contributed by atoms with van der Waals surface area (Å²) in [6.45, 7) is 3.73. The molecule has 0 spiro atoms. The molecule has 1 heterocycles. The predicted molar refractivity (Wildman–Crippen MR) is 101 cm³/mol. The second-order valence-corrected chi connectivity index (χ2v) is 6.00. The maximum Gasteiger partial charge on any atom is 0.226 e. The summed E-state index contributed by atoms with van der Waals surface area (Å²) in [4.78, 5) is 20.3. The standard InChI is InChI=1S/C20H20N4O/c1-14(2)20(25)24-17-10-8-16(9-11-17)23-19-12-18(21-13-22-19)15-6-4-3-5-7-15/h3-14H,1-2H3,(H,24,25)(H,21,22,23). The smallest absolute Gasteiger partial charge is 0.226 e. The van der Waals surface area contributed by atoms with E-state index in [1.54, 1.807) is 6.33 Å². The van der Waals surface area contributed by atoms with Crippen LogP contribution in [0, 0.1) is 5.92 Å². The number of benzene rings is 2. The van der Waals surface area contributed by atoms with Gasteiger partial charge in [0.2, 0.25) is 5.91 Å². The highest BCUT2D eigenvalue weighted by Crippen LogP contribution is 2.22. The molecule has 2 aromatic carbocycles. The van der Waals surface area contributed by atoms with Crippen LogP contribution in [0.3, 0.4) is 0 Å². The molecule has 3 aromatic rings. The summed E-state index contributed by atoms with van der Waals surface area (Å²) >= 11 is 0. The molecule has 0 aliphatic heterocycles. The topological polar surface area (TPSA) is 66.9 Å². The highest BCUT2D eigenvalue weighted by atomic mass is 16.1. The van der Waals surface area contributed by atoms with Crippen LogP contribution in [0.25, 0.3) is 11.3 Å². The van der Waals surface area contributed by atoms with Crippen LogP contribution in [0.5, 0.6) is 0 Å². The highest BCUT2D eigenvalue weighted by Gasteiger charge is 2.07. The van der Waals surface area contributed by atoms with Gasteiger partial charge in [0.15, 0.2) is 0 Å². The van der Waals surface area contributed by atoms with Crippen LogP contribution in [0.2, 0.25) is 0 Å². The molecule has 0 aliphatic carbocycles. The van der Waals surface area contributed by atoms with Gasteiger partial charge in [0.1, 0.15) is 12.1 Å². The van der Waals surface area contributed by atoms with Crippen LogP contribution in [0.1, 0.15) is 13.8 Å². The molecular formula is C20H20N4O. The molecule has 126 valence electrons. The first kappa shape index (κ1) is 16.6. The number of nitrogens with one attached hydrogen (secondary N) is 2. The predicted octanol–water partition coefficient (Wildman–Crippen LogP) is 4.48. The lowest BCUT2D eigenvalue weighted by atomic mass is 10.1. The molecule has 0 atom stereocenters. The van der Waals surface area contributed by atoms with Crippen molar-refractivity contribution in [3.63, 3.8) is 0 Å². The number of anilines is 3. The Morgan fingerprint density at radius 3 is 2.28 bits per heavy atom. The molecule has 1 aromatic heterocycles. The second kappa shape index (κ2) is 7.57. The molecule has 0 fully saturated rings. The minimum absolute atomic E-state index is 0.00372. The van der Waals surface area contributed by atoms with E-state index >= 15 is 0 Å². The lowest BCUT2D eigenvalue weighted by Crippen LogP contribution is -2.17. The zero-order valence-electron chi connectivity index (χ0n) is 14.2. The zero-order valence-corrected chi connectivity index (χ0v) is 14.2. The highest BCUT2D eigenvalue weighted by molar-refractivity contribution is 5.92. The molecular weight excluding hydrogens is 312 g/mol. The first-order valence-electron chi connectivity index (χ1n) is 8.17. The number of amides is 1. The summed E-state index contributed by atoms with van der Waals surface area (Å²) in [7, 11) is 0. The quantitative estimate of drug-likeness (QED) is 0.723. The van der Waals surface area contributed by atoms with Gasteiger partial charge in [-0.25, -0.2) is 9.97 Å². The van der Waals surface area contributed by atoms with Crippen molar-refractivity contribution in [2.45, 2.75) is 13.8 Å². The molecule has 3 rings (SSSR count). The number of hydrogen-bond donors (Lipinski definition) is 2. The van der Waals surface area contributed by atoms with E-state index in [1.807, 2.05) is 74.5 Å². The Morgan fingerprint density at radius 2 is 1.60 bits per heavy atom. The lowest BCUT2D eigenvalue weighted by molar-refractivity contribution is -0.118. The molecule has 0 aliphatic rings. The molecule has 0 saturated heterocycles. The van der Waals surface area contributed by atoms with Crippen molar-refractivity contribution in [3.05, 3.63) is 67.0 Å². The van der Waals surface area contributed by atoms with Crippen LogP contribution >= 0.6 is 0 Å². The maximum absolute atomic E-state index is 11.7. The van der Waals surface area contributed by atoms with Crippen LogP contribution in [-0.4, -0.2) is 15.9 Å². The van der Waals surface area contributed by atoms with Crippen molar-refractivity contribution in [2.75, 3.05) is 10.6 Å². The minimum atomic E-state index is -0.0461. The van der Waals surface area contributed by atoms with E-state index in [9.17, 15) is 4.79 Å². The molecule has 0 unspecified atom stereocenters. The normalized spacial score (nSPS) is 10.5. The molecule has 25 heavy (non-hydrogen) atoms. The van der Waals surface area contributed by atoms with Crippen molar-refractivity contribution in [1.82, 2.24) is 9.97 Å². The second-order valence-electron chi connectivity index (χ2n) is 6.00. The van der Waals surface area contributed by atoms with E-state index in [0.29, 0.717) is 5.82 Å². The average molecular weight is 332 g/mol. The van der Waals surface area contributed by atoms with Crippen LogP contribution in [-0.2, 0) is 4.79 Å². The molecule has 5 nitrogen and oxygen atoms in total. The third kappa shape index (κ3) is 4.41. The molecule has 0 radical (unpaired) electrons. The van der Waals surface area contributed by atoms with Gasteiger partial charge in [-0.1, -0.05) is 44.2 Å². The number of rotatable bonds is 5. The molecule has 0 bridgehead atoms. The van der Waals surface area contributed by atoms with Crippen LogP contribution in [0.4, 0.5) is 17.2 Å². The van der Waals surface area contributed by atoms with Crippen LogP contribution < -0.4 is 10.6 Å². The van der Waals surface area contributed by atoms with Gasteiger partial charge in [-0.2, -0.15) is 0 Å². The van der Waals surface area contributed by atoms with Crippen molar-refractivity contribution in [1.29, 1.82) is 0 Å². The van der Waals surface area contributed by atoms with Crippen molar-refractivity contribution in [3.8, 4) is 11.3 Å². The van der Waals surface area contributed by atoms with E-state index in [1.165, 1.54) is 0 Å². The fraction of sp³-hybridized carbons (Fsp3) is 0.150. The number of carbonyl (C=O) groups excluding carboxylic acids is 1. The van der Waals surface area contributed by atoms with Gasteiger partial charge in [0.05, 0.1) is 5.69 Å². The van der Waals surface area contributed by atoms with Crippen molar-refractivity contribution >= 4 is 23.1 Å². The molecule has 5 heteroatoms. The minimum Gasteiger partial charge on any atom is -0.340 e. The molecule has 1 amide bonds. The summed E-state index contributed by atoms with van der Waals surface area (Å²) in [6, 6.07) is 19.4. The Morgan fingerprint density at radius 1 is 0.920 bits per heavy atom. The monoisotopic (exact) mass is 332 g/mol. The van der Waals surface area contributed by atoms with Gasteiger partial charge in [-0.3, -0.25) is 4.79 Å². The first-order valence-corrected chi connectivity index (χ1v) is 8.17. The van der Waals surface area contributed by atoms with E-state index in [4.69, 9.17) is 0 Å². The largest absolute Gasteiger partial charge is 0.340 e. The number of carbonyl (C=O) groups is 1. The van der Waals surface area contributed by atoms with E-state index in [2.05, 4.69) is 20.6 Å². The van der Waals surface area contributed by atoms with Gasteiger partial charge >= 0.3 is 0 Å². The van der Waals surface area contributed by atoms with Gasteiger partial charge in [0.25, 0.3) is 0 Å². The molecule has 2 N–H and O–H groups in total. The van der Waals surface area contributed by atoms with Gasteiger partial charge < -0.3 is 10.6 Å². The summed E-state index contributed by atoms with van der Waals surface area (Å²) in [5, 5.41) is 6.12. The van der Waals surface area contributed by atoms with Gasteiger partial charge in [-0.05, 0) is 24.3 Å². The summed E-state index contributed by atoms with van der Waals surface area (Å²) in [5.41, 5.74) is 3.57. The number of aromatic nitrogens is 2. The van der Waals surface area contributed by atoms with Crippen molar-refractivity contribution < 1.29 is 4.79 Å². The fourth-order valence-electron chi connectivity index (χ4n) is 2.26. The average Bonchev–Trinajstić information content (AvgIpc) is 2.64. The Hall–Kier alpha value is -3.21. The fourth-order valence-corrected chi connectivity index (χ4v) is 2.26. The van der Waals surface area contributed by atoms with E-state index in [0.717, 1.165) is 22.6 Å². The van der Waals surface area contributed by atoms with E-state index < -0.39 is 0 Å². The van der Waals surface area contributed by atoms with Crippen molar-refractivity contribution in [2.24, 2.45) is 5.92 Å². The molecule has 0 saturated carbocycles. The zero-order chi connectivity index (χ0) is 17.6. The summed E-state index contributed by atoms with van der Waals surface area (Å²) < 4.78 is 0. The van der Waals surface area contributed by atoms with E-state index in [-0.39, 0.29) is 11.8 Å². The number of hydrogen-bond acceptors (Lipinski definition) is 4. The van der Waals surface area contributed by atoms with Gasteiger partial charge in [0, 0.05) is 28.9 Å². The Labute approximate surface area is 147 Å². The summed E-state index contributed by atoms with van der Waals surface area (Å²) in [5.74, 6) is 0.673.